The summed E-state index contributed by atoms with van der Waals surface area (Å²) in [6, 6.07) is 6.32. The molecule has 1 N–H and O–H groups in total. The fraction of sp³-hybridized carbons (Fsp3) is 0.250. The number of ether oxygens (including phenoxy) is 1. The summed E-state index contributed by atoms with van der Waals surface area (Å²) in [6.45, 7) is 2.53. The SMILES string of the molecule is O=C(NS(=O)(=O)c1ccc(N2CCOCC2)nc1)c1ccc(F)cc1Br. The Bertz CT molecular complexity index is 916. The Morgan fingerprint density at radius 1 is 1.23 bits per heavy atom. The lowest BCUT2D eigenvalue weighted by atomic mass is 10.2. The molecule has 0 aliphatic carbocycles. The standard InChI is InChI=1S/C16H15BrFN3O4S/c17-14-9-11(18)1-3-13(14)16(22)20-26(23,24)12-2-4-15(19-10-12)21-5-7-25-8-6-21/h1-4,9-10H,5-8H2,(H,20,22). The molecular weight excluding hydrogens is 429 g/mol. The number of carbonyl (C=O) groups is 1. The van der Waals surface area contributed by atoms with E-state index in [1.165, 1.54) is 18.3 Å². The summed E-state index contributed by atoms with van der Waals surface area (Å²) in [7, 11) is -4.10. The minimum Gasteiger partial charge on any atom is -0.378 e. The average molecular weight is 444 g/mol. The summed E-state index contributed by atoms with van der Waals surface area (Å²) < 4.78 is 45.3. The molecular formula is C16H15BrFN3O4S. The molecule has 7 nitrogen and oxygen atoms in total. The summed E-state index contributed by atoms with van der Waals surface area (Å²) in [5.74, 6) is -0.770. The van der Waals surface area contributed by atoms with Gasteiger partial charge >= 0.3 is 0 Å². The van der Waals surface area contributed by atoms with Crippen molar-refractivity contribution in [2.75, 3.05) is 31.2 Å². The van der Waals surface area contributed by atoms with E-state index in [2.05, 4.69) is 20.9 Å². The monoisotopic (exact) mass is 443 g/mol. The molecule has 1 amide bonds. The highest BCUT2D eigenvalue weighted by atomic mass is 79.9. The van der Waals surface area contributed by atoms with Crippen LogP contribution >= 0.6 is 15.9 Å². The van der Waals surface area contributed by atoms with Gasteiger partial charge in [-0.3, -0.25) is 4.79 Å². The van der Waals surface area contributed by atoms with Gasteiger partial charge in [0.25, 0.3) is 15.9 Å². The Kier molecular flexibility index (Phi) is 5.54. The number of hydrogen-bond donors (Lipinski definition) is 1. The molecule has 2 heterocycles. The van der Waals surface area contributed by atoms with Crippen LogP contribution in [0.2, 0.25) is 0 Å². The topological polar surface area (TPSA) is 88.6 Å². The third kappa shape index (κ3) is 4.19. The predicted octanol–water partition coefficient (Wildman–Crippen LogP) is 1.94. The van der Waals surface area contributed by atoms with E-state index >= 15 is 0 Å². The lowest BCUT2D eigenvalue weighted by Crippen LogP contribution is -2.36. The molecule has 1 aliphatic rings. The van der Waals surface area contributed by atoms with Gasteiger partial charge in [-0.25, -0.2) is 22.5 Å². The van der Waals surface area contributed by atoms with Gasteiger partial charge in [-0.05, 0) is 46.3 Å². The lowest BCUT2D eigenvalue weighted by molar-refractivity contribution is 0.0980. The van der Waals surface area contributed by atoms with Crippen LogP contribution in [-0.2, 0) is 14.8 Å². The third-order valence-corrected chi connectivity index (χ3v) is 5.74. The van der Waals surface area contributed by atoms with Crippen molar-refractivity contribution >= 4 is 37.7 Å². The number of nitrogens with zero attached hydrogens (tertiary/aromatic N) is 2. The molecule has 2 aromatic rings. The normalized spacial score (nSPS) is 14.9. The second kappa shape index (κ2) is 7.68. The number of anilines is 1. The first-order valence-corrected chi connectivity index (χ1v) is 9.95. The van der Waals surface area contributed by atoms with Crippen molar-refractivity contribution < 1.29 is 22.3 Å². The van der Waals surface area contributed by atoms with Gasteiger partial charge in [0.05, 0.1) is 18.8 Å². The largest absolute Gasteiger partial charge is 0.378 e. The second-order valence-corrected chi connectivity index (χ2v) is 8.05. The van der Waals surface area contributed by atoms with E-state index in [0.29, 0.717) is 32.1 Å². The summed E-state index contributed by atoms with van der Waals surface area (Å²) in [5, 5.41) is 0. The first kappa shape index (κ1) is 18.7. The minimum absolute atomic E-state index is 0.00729. The number of pyridine rings is 1. The zero-order valence-corrected chi connectivity index (χ0v) is 15.9. The Morgan fingerprint density at radius 2 is 1.96 bits per heavy atom. The summed E-state index contributed by atoms with van der Waals surface area (Å²) in [5.41, 5.74) is 0.00729. The lowest BCUT2D eigenvalue weighted by Gasteiger charge is -2.27. The fourth-order valence-electron chi connectivity index (χ4n) is 2.42. The molecule has 3 rings (SSSR count). The Hall–Kier alpha value is -2.04. The summed E-state index contributed by atoms with van der Waals surface area (Å²) in [4.78, 5) is 18.2. The number of carbonyl (C=O) groups excluding carboxylic acids is 1. The molecule has 1 saturated heterocycles. The van der Waals surface area contributed by atoms with Crippen LogP contribution in [0, 0.1) is 5.82 Å². The summed E-state index contributed by atoms with van der Waals surface area (Å²) >= 11 is 3.04. The zero-order valence-electron chi connectivity index (χ0n) is 13.5. The second-order valence-electron chi connectivity index (χ2n) is 5.51. The number of halogens is 2. The number of amides is 1. The van der Waals surface area contributed by atoms with E-state index in [4.69, 9.17) is 4.74 Å². The van der Waals surface area contributed by atoms with Crippen LogP contribution in [-0.4, -0.2) is 45.6 Å². The molecule has 1 aliphatic heterocycles. The van der Waals surface area contributed by atoms with E-state index < -0.39 is 21.7 Å². The number of sulfonamides is 1. The van der Waals surface area contributed by atoms with Crippen LogP contribution in [0.1, 0.15) is 10.4 Å². The molecule has 0 radical (unpaired) electrons. The number of nitrogens with one attached hydrogen (secondary N) is 1. The van der Waals surface area contributed by atoms with E-state index in [1.807, 2.05) is 9.62 Å². The first-order valence-electron chi connectivity index (χ1n) is 7.68. The quantitative estimate of drug-likeness (QED) is 0.776. The van der Waals surface area contributed by atoms with Crippen molar-refractivity contribution in [2.24, 2.45) is 0 Å². The molecule has 10 heteroatoms. The molecule has 138 valence electrons. The predicted molar refractivity (Wildman–Crippen MR) is 96.0 cm³/mol. The molecule has 0 atom stereocenters. The number of benzene rings is 1. The van der Waals surface area contributed by atoms with E-state index in [0.717, 1.165) is 12.1 Å². The van der Waals surface area contributed by atoms with Gasteiger partial charge in [0, 0.05) is 23.8 Å². The minimum atomic E-state index is -4.10. The average Bonchev–Trinajstić information content (AvgIpc) is 2.62. The molecule has 0 saturated carbocycles. The highest BCUT2D eigenvalue weighted by Crippen LogP contribution is 2.20. The van der Waals surface area contributed by atoms with Crippen LogP contribution in [0.25, 0.3) is 0 Å². The maximum atomic E-state index is 13.1. The number of hydrogen-bond acceptors (Lipinski definition) is 6. The highest BCUT2D eigenvalue weighted by Gasteiger charge is 2.21. The zero-order chi connectivity index (χ0) is 18.7. The van der Waals surface area contributed by atoms with Crippen molar-refractivity contribution in [1.82, 2.24) is 9.71 Å². The van der Waals surface area contributed by atoms with Crippen LogP contribution in [0.15, 0.2) is 45.9 Å². The molecule has 0 bridgehead atoms. The first-order chi connectivity index (χ1) is 12.4. The van der Waals surface area contributed by atoms with Crippen molar-refractivity contribution in [3.8, 4) is 0 Å². The van der Waals surface area contributed by atoms with E-state index in [9.17, 15) is 17.6 Å². The number of aromatic nitrogens is 1. The van der Waals surface area contributed by atoms with Gasteiger partial charge in [0.2, 0.25) is 0 Å². The van der Waals surface area contributed by atoms with Gasteiger partial charge in [-0.2, -0.15) is 0 Å². The Labute approximate surface area is 158 Å². The van der Waals surface area contributed by atoms with Crippen molar-refractivity contribution in [2.45, 2.75) is 4.90 Å². The number of morpholine rings is 1. The molecule has 1 aromatic heterocycles. The highest BCUT2D eigenvalue weighted by molar-refractivity contribution is 9.10. The number of rotatable bonds is 4. The van der Waals surface area contributed by atoms with Crippen molar-refractivity contribution in [3.63, 3.8) is 0 Å². The van der Waals surface area contributed by atoms with Gasteiger partial charge in [0.15, 0.2) is 0 Å². The van der Waals surface area contributed by atoms with Crippen molar-refractivity contribution in [3.05, 3.63) is 52.4 Å². The van der Waals surface area contributed by atoms with E-state index in [1.54, 1.807) is 6.07 Å². The maximum Gasteiger partial charge on any atom is 0.266 e. The van der Waals surface area contributed by atoms with Crippen LogP contribution < -0.4 is 9.62 Å². The molecule has 26 heavy (non-hydrogen) atoms. The Morgan fingerprint density at radius 3 is 2.58 bits per heavy atom. The van der Waals surface area contributed by atoms with Gasteiger partial charge < -0.3 is 9.64 Å². The molecule has 1 fully saturated rings. The van der Waals surface area contributed by atoms with Gasteiger partial charge in [-0.1, -0.05) is 0 Å². The Balaban J connectivity index is 1.76. The van der Waals surface area contributed by atoms with Gasteiger partial charge in [-0.15, -0.1) is 0 Å². The maximum absolute atomic E-state index is 13.1. The van der Waals surface area contributed by atoms with E-state index in [-0.39, 0.29) is 14.9 Å². The van der Waals surface area contributed by atoms with Crippen LogP contribution in [0.3, 0.4) is 0 Å². The summed E-state index contributed by atoms with van der Waals surface area (Å²) in [6.07, 6.45) is 1.19. The van der Waals surface area contributed by atoms with Crippen molar-refractivity contribution in [1.29, 1.82) is 0 Å². The van der Waals surface area contributed by atoms with Gasteiger partial charge in [0.1, 0.15) is 16.5 Å². The van der Waals surface area contributed by atoms with Crippen LogP contribution in [0.4, 0.5) is 10.2 Å². The molecule has 1 aromatic carbocycles. The third-order valence-electron chi connectivity index (χ3n) is 3.77. The smallest absolute Gasteiger partial charge is 0.266 e. The fourth-order valence-corrected chi connectivity index (χ4v) is 3.86. The molecule has 0 unspecified atom stereocenters. The van der Waals surface area contributed by atoms with Crippen LogP contribution in [0.5, 0.6) is 0 Å². The molecule has 0 spiro atoms.